The molecule has 104 valence electrons. The zero-order valence-electron chi connectivity index (χ0n) is 11.9. The van der Waals surface area contributed by atoms with Crippen LogP contribution in [-0.2, 0) is 9.59 Å². The van der Waals surface area contributed by atoms with Crippen molar-refractivity contribution in [3.63, 3.8) is 0 Å². The van der Waals surface area contributed by atoms with E-state index in [0.717, 1.165) is 25.9 Å². The monoisotopic (exact) mass is 255 g/mol. The third-order valence-electron chi connectivity index (χ3n) is 3.02. The van der Waals surface area contributed by atoms with E-state index in [1.54, 1.807) is 0 Å². The van der Waals surface area contributed by atoms with E-state index in [4.69, 9.17) is 0 Å². The summed E-state index contributed by atoms with van der Waals surface area (Å²) < 4.78 is 0. The van der Waals surface area contributed by atoms with Gasteiger partial charge < -0.3 is 15.5 Å². The van der Waals surface area contributed by atoms with Gasteiger partial charge in [-0.15, -0.1) is 0 Å². The lowest BCUT2D eigenvalue weighted by Gasteiger charge is -2.33. The molecule has 0 atom stereocenters. The van der Waals surface area contributed by atoms with Gasteiger partial charge in [-0.1, -0.05) is 0 Å². The predicted molar refractivity (Wildman–Crippen MR) is 71.2 cm³/mol. The van der Waals surface area contributed by atoms with Gasteiger partial charge in [0, 0.05) is 31.6 Å². The number of nitrogens with one attached hydrogen (secondary N) is 2. The molecular weight excluding hydrogens is 230 g/mol. The second kappa shape index (κ2) is 6.18. The molecule has 5 nitrogen and oxygen atoms in total. The average molecular weight is 255 g/mol. The number of carbonyl (C=O) groups excluding carboxylic acids is 2. The van der Waals surface area contributed by atoms with Crippen LogP contribution in [0.5, 0.6) is 0 Å². The number of carbonyl (C=O) groups is 2. The number of amides is 2. The Labute approximate surface area is 109 Å². The van der Waals surface area contributed by atoms with Gasteiger partial charge in [-0.25, -0.2) is 0 Å². The van der Waals surface area contributed by atoms with Gasteiger partial charge in [-0.2, -0.15) is 0 Å². The average Bonchev–Trinajstić information content (AvgIpc) is 2.25. The number of hydrogen-bond acceptors (Lipinski definition) is 3. The summed E-state index contributed by atoms with van der Waals surface area (Å²) in [4.78, 5) is 24.8. The van der Waals surface area contributed by atoms with Crippen LogP contribution in [0.1, 0.15) is 40.5 Å². The maximum absolute atomic E-state index is 11.9. The van der Waals surface area contributed by atoms with Crippen molar-refractivity contribution in [3.8, 4) is 0 Å². The molecule has 1 rings (SSSR count). The third-order valence-corrected chi connectivity index (χ3v) is 3.02. The lowest BCUT2D eigenvalue weighted by molar-refractivity contribution is -0.131. The molecule has 0 aromatic carbocycles. The molecule has 2 N–H and O–H groups in total. The van der Waals surface area contributed by atoms with Gasteiger partial charge in [-0.05, 0) is 33.6 Å². The highest BCUT2D eigenvalue weighted by atomic mass is 16.2. The quantitative estimate of drug-likeness (QED) is 0.772. The first-order valence-electron chi connectivity index (χ1n) is 6.58. The van der Waals surface area contributed by atoms with Crippen molar-refractivity contribution >= 4 is 11.8 Å². The molecule has 0 aromatic rings. The lowest BCUT2D eigenvalue weighted by atomic mass is 10.0. The first kappa shape index (κ1) is 15.0. The molecule has 1 heterocycles. The van der Waals surface area contributed by atoms with Crippen LogP contribution in [0.25, 0.3) is 0 Å². The zero-order valence-corrected chi connectivity index (χ0v) is 11.9. The SMILES string of the molecule is CC(=O)NC1CCN(C(=O)CNC(C)(C)C)CC1. The van der Waals surface area contributed by atoms with Gasteiger partial charge in [0.15, 0.2) is 0 Å². The minimum Gasteiger partial charge on any atom is -0.353 e. The summed E-state index contributed by atoms with van der Waals surface area (Å²) >= 11 is 0. The maximum atomic E-state index is 11.9. The van der Waals surface area contributed by atoms with Crippen LogP contribution in [0.2, 0.25) is 0 Å². The molecule has 18 heavy (non-hydrogen) atoms. The number of likely N-dealkylation sites (tertiary alicyclic amines) is 1. The van der Waals surface area contributed by atoms with E-state index in [1.807, 2.05) is 25.7 Å². The van der Waals surface area contributed by atoms with Gasteiger partial charge in [0.25, 0.3) is 0 Å². The summed E-state index contributed by atoms with van der Waals surface area (Å²) in [7, 11) is 0. The molecule has 5 heteroatoms. The highest BCUT2D eigenvalue weighted by Crippen LogP contribution is 2.10. The van der Waals surface area contributed by atoms with E-state index in [2.05, 4.69) is 10.6 Å². The van der Waals surface area contributed by atoms with Crippen LogP contribution in [0.3, 0.4) is 0 Å². The summed E-state index contributed by atoms with van der Waals surface area (Å²) in [5.74, 6) is 0.153. The van der Waals surface area contributed by atoms with Crippen molar-refractivity contribution in [2.24, 2.45) is 0 Å². The predicted octanol–water partition coefficient (Wildman–Crippen LogP) is 0.502. The van der Waals surface area contributed by atoms with Gasteiger partial charge in [0.1, 0.15) is 0 Å². The smallest absolute Gasteiger partial charge is 0.236 e. The largest absolute Gasteiger partial charge is 0.353 e. The number of piperidine rings is 1. The molecule has 0 unspecified atom stereocenters. The Balaban J connectivity index is 2.29. The number of rotatable bonds is 3. The molecule has 1 aliphatic heterocycles. The minimum atomic E-state index is -0.0375. The fraction of sp³-hybridized carbons (Fsp3) is 0.846. The Morgan fingerprint density at radius 3 is 2.22 bits per heavy atom. The van der Waals surface area contributed by atoms with Crippen LogP contribution >= 0.6 is 0 Å². The number of nitrogens with zero attached hydrogens (tertiary/aromatic N) is 1. The van der Waals surface area contributed by atoms with E-state index >= 15 is 0 Å². The molecule has 0 bridgehead atoms. The Bertz CT molecular complexity index is 302. The van der Waals surface area contributed by atoms with Crippen molar-refractivity contribution in [2.45, 2.75) is 52.1 Å². The van der Waals surface area contributed by atoms with Gasteiger partial charge in [0.05, 0.1) is 6.54 Å². The van der Waals surface area contributed by atoms with Gasteiger partial charge in [0.2, 0.25) is 11.8 Å². The highest BCUT2D eigenvalue weighted by molar-refractivity contribution is 5.78. The summed E-state index contributed by atoms with van der Waals surface area (Å²) in [6.45, 7) is 9.51. The molecule has 0 saturated carbocycles. The fourth-order valence-corrected chi connectivity index (χ4v) is 2.01. The lowest BCUT2D eigenvalue weighted by Crippen LogP contribution is -2.50. The zero-order chi connectivity index (χ0) is 13.8. The third kappa shape index (κ3) is 5.49. The van der Waals surface area contributed by atoms with Crippen LogP contribution < -0.4 is 10.6 Å². The van der Waals surface area contributed by atoms with Crippen LogP contribution in [-0.4, -0.2) is 47.9 Å². The summed E-state index contributed by atoms with van der Waals surface area (Å²) in [6.07, 6.45) is 1.70. The van der Waals surface area contributed by atoms with Crippen LogP contribution in [0.15, 0.2) is 0 Å². The van der Waals surface area contributed by atoms with E-state index in [0.29, 0.717) is 6.54 Å². The van der Waals surface area contributed by atoms with Gasteiger partial charge >= 0.3 is 0 Å². The fourth-order valence-electron chi connectivity index (χ4n) is 2.01. The highest BCUT2D eigenvalue weighted by Gasteiger charge is 2.23. The Hall–Kier alpha value is -1.10. The number of hydrogen-bond donors (Lipinski definition) is 2. The molecule has 1 fully saturated rings. The first-order valence-corrected chi connectivity index (χ1v) is 6.58. The molecule has 0 radical (unpaired) electrons. The molecule has 0 spiro atoms. The molecule has 0 aliphatic carbocycles. The van der Waals surface area contributed by atoms with Crippen molar-refractivity contribution in [2.75, 3.05) is 19.6 Å². The van der Waals surface area contributed by atoms with Crippen LogP contribution in [0, 0.1) is 0 Å². The summed E-state index contributed by atoms with van der Waals surface area (Å²) in [5, 5.41) is 6.11. The van der Waals surface area contributed by atoms with Crippen molar-refractivity contribution in [1.82, 2.24) is 15.5 Å². The topological polar surface area (TPSA) is 61.4 Å². The van der Waals surface area contributed by atoms with E-state index < -0.39 is 0 Å². The van der Waals surface area contributed by atoms with Crippen molar-refractivity contribution < 1.29 is 9.59 Å². The Morgan fingerprint density at radius 2 is 1.78 bits per heavy atom. The van der Waals surface area contributed by atoms with Crippen molar-refractivity contribution in [3.05, 3.63) is 0 Å². The molecule has 2 amide bonds. The van der Waals surface area contributed by atoms with Gasteiger partial charge in [-0.3, -0.25) is 9.59 Å². The second-order valence-corrected chi connectivity index (χ2v) is 5.96. The van der Waals surface area contributed by atoms with E-state index in [9.17, 15) is 9.59 Å². The Morgan fingerprint density at radius 1 is 1.22 bits per heavy atom. The normalized spacial score (nSPS) is 17.7. The van der Waals surface area contributed by atoms with E-state index in [1.165, 1.54) is 6.92 Å². The second-order valence-electron chi connectivity index (χ2n) is 5.96. The van der Waals surface area contributed by atoms with E-state index in [-0.39, 0.29) is 23.4 Å². The minimum absolute atomic E-state index is 0.00850. The first-order chi connectivity index (χ1) is 8.28. The molecule has 0 aromatic heterocycles. The van der Waals surface area contributed by atoms with Crippen LogP contribution in [0.4, 0.5) is 0 Å². The summed E-state index contributed by atoms with van der Waals surface area (Å²) in [5.41, 5.74) is -0.0375. The standard InChI is InChI=1S/C13H25N3O2/c1-10(17)15-11-5-7-16(8-6-11)12(18)9-14-13(2,3)4/h11,14H,5-9H2,1-4H3,(H,15,17). The summed E-state index contributed by atoms with van der Waals surface area (Å²) in [6, 6.07) is 0.224. The maximum Gasteiger partial charge on any atom is 0.236 e. The molecule has 1 aliphatic rings. The van der Waals surface area contributed by atoms with Crippen molar-refractivity contribution in [1.29, 1.82) is 0 Å². The molecular formula is C13H25N3O2. The Kier molecular flexibility index (Phi) is 5.14. The molecule has 1 saturated heterocycles.